The van der Waals surface area contributed by atoms with Crippen LogP contribution < -0.4 is 4.90 Å². The fourth-order valence-electron chi connectivity index (χ4n) is 3.29. The minimum absolute atomic E-state index is 0.0167. The van der Waals surface area contributed by atoms with E-state index in [9.17, 15) is 26.0 Å². The fraction of sp³-hybridized carbons (Fsp3) is 0.350. The Bertz CT molecular complexity index is 1150. The van der Waals surface area contributed by atoms with E-state index in [1.54, 1.807) is 11.0 Å². The Morgan fingerprint density at radius 1 is 0.933 bits per heavy atom. The molecule has 0 atom stereocenters. The third-order valence-electron chi connectivity index (χ3n) is 5.13. The number of piperazine rings is 1. The highest BCUT2D eigenvalue weighted by Crippen LogP contribution is 2.25. The molecule has 0 N–H and O–H groups in total. The predicted molar refractivity (Wildman–Crippen MR) is 112 cm³/mol. The third-order valence-corrected chi connectivity index (χ3v) is 8.80. The minimum atomic E-state index is -3.79. The largest absolute Gasteiger partial charge is 0.367 e. The first-order valence-corrected chi connectivity index (χ1v) is 12.5. The van der Waals surface area contributed by atoms with Gasteiger partial charge in [0, 0.05) is 31.7 Å². The van der Waals surface area contributed by atoms with Crippen LogP contribution >= 0.6 is 0 Å². The van der Waals surface area contributed by atoms with E-state index in [1.807, 2.05) is 0 Å². The van der Waals surface area contributed by atoms with E-state index < -0.39 is 25.7 Å². The first kappa shape index (κ1) is 22.4. The third kappa shape index (κ3) is 4.40. The number of hydrogen-bond acceptors (Lipinski definition) is 6. The summed E-state index contributed by atoms with van der Waals surface area (Å²) in [6.07, 6.45) is 0. The summed E-state index contributed by atoms with van der Waals surface area (Å²) in [4.78, 5) is 13.2. The number of halogens is 1. The van der Waals surface area contributed by atoms with Gasteiger partial charge < -0.3 is 4.90 Å². The van der Waals surface area contributed by atoms with Crippen molar-refractivity contribution in [2.75, 3.05) is 36.8 Å². The molecule has 1 fully saturated rings. The van der Waals surface area contributed by atoms with Crippen LogP contribution in [0.15, 0.2) is 52.3 Å². The number of nitrogens with zero attached hydrogens (tertiary/aromatic N) is 2. The van der Waals surface area contributed by atoms with Crippen molar-refractivity contribution in [3.8, 4) is 0 Å². The molecule has 0 bridgehead atoms. The van der Waals surface area contributed by atoms with Gasteiger partial charge in [-0.1, -0.05) is 6.92 Å². The predicted octanol–water partition coefficient (Wildman–Crippen LogP) is 2.33. The van der Waals surface area contributed by atoms with Crippen molar-refractivity contribution in [2.24, 2.45) is 0 Å². The molecule has 0 saturated carbocycles. The molecule has 0 aliphatic carbocycles. The molecule has 0 unspecified atom stereocenters. The van der Waals surface area contributed by atoms with E-state index in [0.717, 1.165) is 0 Å². The van der Waals surface area contributed by atoms with Crippen molar-refractivity contribution in [3.63, 3.8) is 0 Å². The van der Waals surface area contributed by atoms with Crippen LogP contribution in [0.3, 0.4) is 0 Å². The maximum absolute atomic E-state index is 14.4. The molecule has 2 aromatic rings. The highest BCUT2D eigenvalue weighted by atomic mass is 32.2. The van der Waals surface area contributed by atoms with Crippen LogP contribution in [0, 0.1) is 5.82 Å². The lowest BCUT2D eigenvalue weighted by Crippen LogP contribution is -2.48. The Morgan fingerprint density at radius 3 is 2.00 bits per heavy atom. The van der Waals surface area contributed by atoms with Crippen LogP contribution in [0.25, 0.3) is 0 Å². The maximum Gasteiger partial charge on any atom is 0.243 e. The molecule has 3 rings (SSSR count). The summed E-state index contributed by atoms with van der Waals surface area (Å²) < 4.78 is 65.3. The summed E-state index contributed by atoms with van der Waals surface area (Å²) in [6, 6.07) is 9.46. The molecule has 0 amide bonds. The van der Waals surface area contributed by atoms with E-state index >= 15 is 0 Å². The zero-order valence-corrected chi connectivity index (χ0v) is 18.3. The topological polar surface area (TPSA) is 91.8 Å². The molecule has 10 heteroatoms. The summed E-state index contributed by atoms with van der Waals surface area (Å²) in [6.45, 7) is 3.78. The van der Waals surface area contributed by atoms with Gasteiger partial charge in [0.15, 0.2) is 15.6 Å². The quantitative estimate of drug-likeness (QED) is 0.622. The molecule has 1 aliphatic heterocycles. The van der Waals surface area contributed by atoms with Gasteiger partial charge in [-0.25, -0.2) is 21.2 Å². The van der Waals surface area contributed by atoms with Gasteiger partial charge >= 0.3 is 0 Å². The molecular formula is C20H23FN2O5S2. The zero-order chi connectivity index (χ0) is 22.1. The molecule has 0 radical (unpaired) electrons. The number of sulfonamides is 1. The number of carbonyl (C=O) groups excluding carboxylic acids is 1. The monoisotopic (exact) mass is 454 g/mol. The first-order valence-electron chi connectivity index (χ1n) is 9.44. The molecule has 2 aromatic carbocycles. The number of ketones is 1. The SMILES string of the molecule is CCS(=O)(=O)c1ccc(S(=O)(=O)N2CCN(c3ccc(C(C)=O)cc3F)CC2)cc1. The van der Waals surface area contributed by atoms with Crippen molar-refractivity contribution in [1.29, 1.82) is 0 Å². The Balaban J connectivity index is 1.73. The number of carbonyl (C=O) groups is 1. The van der Waals surface area contributed by atoms with Crippen LogP contribution in [0.4, 0.5) is 10.1 Å². The summed E-state index contributed by atoms with van der Waals surface area (Å²) in [7, 11) is -7.20. The summed E-state index contributed by atoms with van der Waals surface area (Å²) >= 11 is 0. The summed E-state index contributed by atoms with van der Waals surface area (Å²) in [5.41, 5.74) is 0.608. The molecule has 0 aromatic heterocycles. The molecule has 7 nitrogen and oxygen atoms in total. The van der Waals surface area contributed by atoms with Gasteiger partial charge in [-0.15, -0.1) is 0 Å². The van der Waals surface area contributed by atoms with E-state index in [0.29, 0.717) is 5.69 Å². The van der Waals surface area contributed by atoms with Crippen LogP contribution in [0.5, 0.6) is 0 Å². The number of anilines is 1. The van der Waals surface area contributed by atoms with Crippen molar-refractivity contribution < 1.29 is 26.0 Å². The van der Waals surface area contributed by atoms with Crippen molar-refractivity contribution in [2.45, 2.75) is 23.6 Å². The Labute approximate surface area is 176 Å². The summed E-state index contributed by atoms with van der Waals surface area (Å²) in [5, 5.41) is 0. The van der Waals surface area contributed by atoms with E-state index in [-0.39, 0.29) is 53.1 Å². The first-order chi connectivity index (χ1) is 14.1. The van der Waals surface area contributed by atoms with Gasteiger partial charge in [0.05, 0.1) is 21.2 Å². The highest BCUT2D eigenvalue weighted by Gasteiger charge is 2.29. The lowest BCUT2D eigenvalue weighted by molar-refractivity contribution is 0.101. The van der Waals surface area contributed by atoms with Crippen LogP contribution in [0.2, 0.25) is 0 Å². The lowest BCUT2D eigenvalue weighted by Gasteiger charge is -2.35. The number of sulfone groups is 1. The van der Waals surface area contributed by atoms with Crippen molar-refractivity contribution in [3.05, 3.63) is 53.8 Å². The van der Waals surface area contributed by atoms with Crippen LogP contribution in [-0.4, -0.2) is 58.9 Å². The second-order valence-electron chi connectivity index (χ2n) is 6.99. The van der Waals surface area contributed by atoms with Gasteiger partial charge in [0.2, 0.25) is 10.0 Å². The van der Waals surface area contributed by atoms with Crippen molar-refractivity contribution >= 4 is 31.3 Å². The summed E-state index contributed by atoms with van der Waals surface area (Å²) in [5.74, 6) is -0.814. The van der Waals surface area contributed by atoms with E-state index in [2.05, 4.69) is 0 Å². The molecule has 1 heterocycles. The standard InChI is InChI=1S/C20H23FN2O5S2/c1-3-29(25,26)17-5-7-18(8-6-17)30(27,28)23-12-10-22(11-13-23)20-9-4-16(15(2)24)14-19(20)21/h4-9,14H,3,10-13H2,1-2H3. The Morgan fingerprint density at radius 2 is 1.50 bits per heavy atom. The fourth-order valence-corrected chi connectivity index (χ4v) is 5.59. The average molecular weight is 455 g/mol. The molecule has 30 heavy (non-hydrogen) atoms. The average Bonchev–Trinajstić information content (AvgIpc) is 2.73. The number of hydrogen-bond donors (Lipinski definition) is 0. The maximum atomic E-state index is 14.4. The van der Waals surface area contributed by atoms with Gasteiger partial charge in [0.25, 0.3) is 0 Å². The molecule has 0 spiro atoms. The molecule has 1 saturated heterocycles. The van der Waals surface area contributed by atoms with Crippen molar-refractivity contribution in [1.82, 2.24) is 4.31 Å². The highest BCUT2D eigenvalue weighted by molar-refractivity contribution is 7.91. The normalized spacial score (nSPS) is 15.9. The zero-order valence-electron chi connectivity index (χ0n) is 16.7. The Hall–Kier alpha value is -2.30. The molecular weight excluding hydrogens is 431 g/mol. The smallest absolute Gasteiger partial charge is 0.243 e. The number of Topliss-reactive ketones (excluding diaryl/α,β-unsaturated/α-hetero) is 1. The molecule has 162 valence electrons. The second-order valence-corrected chi connectivity index (χ2v) is 11.2. The van der Waals surface area contributed by atoms with Gasteiger partial charge in [-0.2, -0.15) is 4.31 Å². The number of benzene rings is 2. The van der Waals surface area contributed by atoms with Gasteiger partial charge in [0.1, 0.15) is 5.82 Å². The lowest BCUT2D eigenvalue weighted by atomic mass is 10.1. The minimum Gasteiger partial charge on any atom is -0.367 e. The molecule has 1 aliphatic rings. The second kappa shape index (κ2) is 8.44. The van der Waals surface area contributed by atoms with Gasteiger partial charge in [-0.3, -0.25) is 4.79 Å². The Kier molecular flexibility index (Phi) is 6.30. The van der Waals surface area contributed by atoms with Gasteiger partial charge in [-0.05, 0) is 49.4 Å². The van der Waals surface area contributed by atoms with E-state index in [4.69, 9.17) is 0 Å². The van der Waals surface area contributed by atoms with Crippen LogP contribution in [-0.2, 0) is 19.9 Å². The number of rotatable bonds is 6. The van der Waals surface area contributed by atoms with Crippen LogP contribution in [0.1, 0.15) is 24.2 Å². The van der Waals surface area contributed by atoms with E-state index in [1.165, 1.54) is 54.6 Å².